The molecule has 0 bridgehead atoms. The fourth-order valence-corrected chi connectivity index (χ4v) is 3.25. The van der Waals surface area contributed by atoms with Gasteiger partial charge in [0.1, 0.15) is 5.75 Å². The fraction of sp³-hybridized carbons (Fsp3) is 0.421. The van der Waals surface area contributed by atoms with Crippen LogP contribution in [0.5, 0.6) is 5.75 Å². The van der Waals surface area contributed by atoms with E-state index in [0.717, 1.165) is 11.3 Å². The Kier molecular flexibility index (Phi) is 4.37. The lowest BCUT2D eigenvalue weighted by Crippen LogP contribution is -2.17. The molecule has 0 radical (unpaired) electrons. The van der Waals surface area contributed by atoms with E-state index in [1.807, 2.05) is 38.1 Å². The first kappa shape index (κ1) is 17.2. The van der Waals surface area contributed by atoms with E-state index in [4.69, 9.17) is 9.37 Å². The van der Waals surface area contributed by atoms with Gasteiger partial charge >= 0.3 is 0 Å². The number of anilines is 1. The summed E-state index contributed by atoms with van der Waals surface area (Å²) >= 11 is 0. The Labute approximate surface area is 147 Å². The van der Waals surface area contributed by atoms with Crippen LogP contribution in [0, 0.1) is 17.3 Å². The molecular weight excluding hydrogens is 318 g/mol. The molecule has 1 saturated carbocycles. The monoisotopic (exact) mass is 341 g/mol. The van der Waals surface area contributed by atoms with E-state index in [9.17, 15) is 4.79 Å². The van der Waals surface area contributed by atoms with Gasteiger partial charge in [0.25, 0.3) is 0 Å². The SMILES string of the molecule is COc1ccc(-c2nonc2NC(=O)[C@@H]2[C@@H](C=C(C)C)C2(C)C)cc1. The molecule has 0 aliphatic heterocycles. The average molecular weight is 341 g/mol. The van der Waals surface area contributed by atoms with Crippen molar-refractivity contribution in [2.24, 2.45) is 17.3 Å². The number of rotatable bonds is 5. The van der Waals surface area contributed by atoms with Crippen molar-refractivity contribution in [3.8, 4) is 17.0 Å². The Hall–Kier alpha value is -2.63. The first-order valence-corrected chi connectivity index (χ1v) is 8.27. The fourth-order valence-electron chi connectivity index (χ4n) is 3.25. The van der Waals surface area contributed by atoms with Crippen molar-refractivity contribution in [3.05, 3.63) is 35.9 Å². The van der Waals surface area contributed by atoms with Crippen LogP contribution in [0.15, 0.2) is 40.5 Å². The number of aromatic nitrogens is 2. The Balaban J connectivity index is 1.77. The highest BCUT2D eigenvalue weighted by Gasteiger charge is 2.60. The van der Waals surface area contributed by atoms with Crippen LogP contribution in [0.2, 0.25) is 0 Å². The molecular formula is C19H23N3O3. The summed E-state index contributed by atoms with van der Waals surface area (Å²) in [6.45, 7) is 8.30. The number of amides is 1. The Morgan fingerprint density at radius 1 is 1.24 bits per heavy atom. The zero-order valence-electron chi connectivity index (χ0n) is 15.2. The first-order chi connectivity index (χ1) is 11.8. The molecule has 6 heteroatoms. The molecule has 1 aromatic heterocycles. The maximum Gasteiger partial charge on any atom is 0.229 e. The summed E-state index contributed by atoms with van der Waals surface area (Å²) in [5.74, 6) is 1.19. The van der Waals surface area contributed by atoms with Crippen LogP contribution < -0.4 is 10.1 Å². The molecule has 1 N–H and O–H groups in total. The second-order valence-electron chi connectivity index (χ2n) is 7.25. The van der Waals surface area contributed by atoms with Crippen LogP contribution >= 0.6 is 0 Å². The van der Waals surface area contributed by atoms with Gasteiger partial charge in [0.15, 0.2) is 5.69 Å². The van der Waals surface area contributed by atoms with Crippen LogP contribution in [0.1, 0.15) is 27.7 Å². The van der Waals surface area contributed by atoms with Crippen LogP contribution in [0.25, 0.3) is 11.3 Å². The summed E-state index contributed by atoms with van der Waals surface area (Å²) in [6, 6.07) is 7.34. The van der Waals surface area contributed by atoms with Gasteiger partial charge in [0.05, 0.1) is 13.0 Å². The quantitative estimate of drug-likeness (QED) is 0.834. The third-order valence-electron chi connectivity index (χ3n) is 4.80. The van der Waals surface area contributed by atoms with E-state index >= 15 is 0 Å². The summed E-state index contributed by atoms with van der Waals surface area (Å²) in [5.41, 5.74) is 2.47. The predicted octanol–water partition coefficient (Wildman–Crippen LogP) is 3.92. The van der Waals surface area contributed by atoms with Crippen molar-refractivity contribution < 1.29 is 14.2 Å². The number of benzene rings is 1. The average Bonchev–Trinajstić information content (AvgIpc) is 2.90. The van der Waals surface area contributed by atoms with E-state index in [1.165, 1.54) is 5.57 Å². The van der Waals surface area contributed by atoms with Gasteiger partial charge < -0.3 is 10.1 Å². The van der Waals surface area contributed by atoms with Gasteiger partial charge in [0.2, 0.25) is 11.7 Å². The second-order valence-corrected chi connectivity index (χ2v) is 7.25. The molecule has 25 heavy (non-hydrogen) atoms. The normalized spacial score (nSPS) is 20.7. The van der Waals surface area contributed by atoms with E-state index in [1.54, 1.807) is 7.11 Å². The molecule has 2 aromatic rings. The molecule has 132 valence electrons. The van der Waals surface area contributed by atoms with Crippen LogP contribution in [-0.2, 0) is 4.79 Å². The molecule has 1 fully saturated rings. The Morgan fingerprint density at radius 2 is 1.92 bits per heavy atom. The summed E-state index contributed by atoms with van der Waals surface area (Å²) in [4.78, 5) is 12.7. The highest BCUT2D eigenvalue weighted by Crippen LogP contribution is 2.59. The zero-order chi connectivity index (χ0) is 18.2. The highest BCUT2D eigenvalue weighted by atomic mass is 16.6. The molecule has 0 unspecified atom stereocenters. The molecule has 1 aliphatic carbocycles. The number of nitrogens with one attached hydrogen (secondary N) is 1. The molecule has 3 rings (SSSR count). The number of carbonyl (C=O) groups excluding carboxylic acids is 1. The van der Waals surface area contributed by atoms with Crippen LogP contribution in [-0.4, -0.2) is 23.3 Å². The van der Waals surface area contributed by atoms with Gasteiger partial charge in [-0.1, -0.05) is 25.5 Å². The largest absolute Gasteiger partial charge is 0.497 e. The van der Waals surface area contributed by atoms with Crippen LogP contribution in [0.3, 0.4) is 0 Å². The summed E-state index contributed by atoms with van der Waals surface area (Å²) < 4.78 is 10.00. The maximum atomic E-state index is 12.7. The van der Waals surface area contributed by atoms with E-state index in [0.29, 0.717) is 11.5 Å². The molecule has 1 heterocycles. The highest BCUT2D eigenvalue weighted by molar-refractivity contribution is 5.97. The molecule has 2 atom stereocenters. The number of hydrogen-bond acceptors (Lipinski definition) is 5. The molecule has 1 aliphatic rings. The number of allylic oxidation sites excluding steroid dienone is 2. The lowest BCUT2D eigenvalue weighted by molar-refractivity contribution is -0.118. The van der Waals surface area contributed by atoms with Gasteiger partial charge in [-0.05, 0) is 59.8 Å². The van der Waals surface area contributed by atoms with E-state index < -0.39 is 0 Å². The predicted molar refractivity (Wildman–Crippen MR) is 95.1 cm³/mol. The number of carbonyl (C=O) groups is 1. The van der Waals surface area contributed by atoms with Crippen molar-refractivity contribution in [1.82, 2.24) is 10.3 Å². The van der Waals surface area contributed by atoms with Gasteiger partial charge in [-0.3, -0.25) is 4.79 Å². The summed E-state index contributed by atoms with van der Waals surface area (Å²) in [7, 11) is 1.61. The van der Waals surface area contributed by atoms with Crippen molar-refractivity contribution in [2.45, 2.75) is 27.7 Å². The molecule has 1 aromatic carbocycles. The summed E-state index contributed by atoms with van der Waals surface area (Å²) in [6.07, 6.45) is 2.16. The number of nitrogens with zero attached hydrogens (tertiary/aromatic N) is 2. The third kappa shape index (κ3) is 3.29. The standard InChI is InChI=1S/C19H23N3O3/c1-11(2)10-14-15(19(14,3)4)18(23)20-17-16(21-25-22-17)12-6-8-13(24-5)9-7-12/h6-10,14-15H,1-5H3,(H,20,22,23)/t14-,15+/m1/s1. The van der Waals surface area contributed by atoms with Crippen molar-refractivity contribution in [3.63, 3.8) is 0 Å². The van der Waals surface area contributed by atoms with Crippen molar-refractivity contribution in [1.29, 1.82) is 0 Å². The lowest BCUT2D eigenvalue weighted by atomic mass is 10.1. The van der Waals surface area contributed by atoms with E-state index in [2.05, 4.69) is 35.6 Å². The minimum atomic E-state index is -0.0807. The molecule has 6 nitrogen and oxygen atoms in total. The molecule has 0 saturated heterocycles. The zero-order valence-corrected chi connectivity index (χ0v) is 15.2. The summed E-state index contributed by atoms with van der Waals surface area (Å²) in [5, 5.41) is 10.7. The van der Waals surface area contributed by atoms with Gasteiger partial charge in [-0.25, -0.2) is 4.63 Å². The number of ether oxygens (including phenoxy) is 1. The van der Waals surface area contributed by atoms with Crippen molar-refractivity contribution in [2.75, 3.05) is 12.4 Å². The maximum absolute atomic E-state index is 12.7. The van der Waals surface area contributed by atoms with Gasteiger partial charge in [-0.15, -0.1) is 0 Å². The van der Waals surface area contributed by atoms with Crippen LogP contribution in [0.4, 0.5) is 5.82 Å². The molecule has 0 spiro atoms. The van der Waals surface area contributed by atoms with Gasteiger partial charge in [-0.2, -0.15) is 0 Å². The lowest BCUT2D eigenvalue weighted by Gasteiger charge is -2.05. The minimum Gasteiger partial charge on any atom is -0.497 e. The number of methoxy groups -OCH3 is 1. The van der Waals surface area contributed by atoms with Crippen molar-refractivity contribution >= 4 is 11.7 Å². The second kappa shape index (κ2) is 6.35. The smallest absolute Gasteiger partial charge is 0.229 e. The minimum absolute atomic E-state index is 0.0568. The van der Waals surface area contributed by atoms with E-state index in [-0.39, 0.29) is 23.2 Å². The number of hydrogen-bond donors (Lipinski definition) is 1. The van der Waals surface area contributed by atoms with Gasteiger partial charge in [0, 0.05) is 5.56 Å². The third-order valence-corrected chi connectivity index (χ3v) is 4.80. The Bertz CT molecular complexity index is 802. The molecule has 1 amide bonds. The first-order valence-electron chi connectivity index (χ1n) is 8.27. The topological polar surface area (TPSA) is 77.2 Å². The Morgan fingerprint density at radius 3 is 2.52 bits per heavy atom.